The van der Waals surface area contributed by atoms with E-state index in [1.807, 2.05) is 6.20 Å². The maximum absolute atomic E-state index is 4.36. The van der Waals surface area contributed by atoms with Gasteiger partial charge in [-0.1, -0.05) is 26.7 Å². The Kier molecular flexibility index (Phi) is 5.24. The van der Waals surface area contributed by atoms with Crippen molar-refractivity contribution in [2.45, 2.75) is 59.0 Å². The first-order valence-corrected chi connectivity index (χ1v) is 7.51. The van der Waals surface area contributed by atoms with E-state index in [1.165, 1.54) is 37.9 Å². The molecule has 0 saturated heterocycles. The molecule has 1 N–H and O–H groups in total. The zero-order chi connectivity index (χ0) is 12.8. The SMILES string of the molecule is CCCn1nccc1CNCC1CCCC(C)C1. The van der Waals surface area contributed by atoms with Crippen LogP contribution in [-0.4, -0.2) is 16.3 Å². The second-order valence-corrected chi connectivity index (χ2v) is 5.81. The average Bonchev–Trinajstić information content (AvgIpc) is 2.78. The Morgan fingerprint density at radius 1 is 1.44 bits per heavy atom. The van der Waals surface area contributed by atoms with Crippen molar-refractivity contribution in [3.63, 3.8) is 0 Å². The Balaban J connectivity index is 1.72. The molecular weight excluding hydrogens is 222 g/mol. The number of hydrogen-bond donors (Lipinski definition) is 1. The Labute approximate surface area is 111 Å². The van der Waals surface area contributed by atoms with E-state index < -0.39 is 0 Å². The number of hydrogen-bond acceptors (Lipinski definition) is 2. The molecule has 0 radical (unpaired) electrons. The molecule has 1 aliphatic carbocycles. The highest BCUT2D eigenvalue weighted by Gasteiger charge is 2.18. The molecule has 0 amide bonds. The number of nitrogens with zero attached hydrogens (tertiary/aromatic N) is 2. The fraction of sp³-hybridized carbons (Fsp3) is 0.800. The molecule has 3 nitrogen and oxygen atoms in total. The van der Waals surface area contributed by atoms with Crippen LogP contribution in [0, 0.1) is 11.8 Å². The van der Waals surface area contributed by atoms with E-state index in [2.05, 4.69) is 35.0 Å². The topological polar surface area (TPSA) is 29.9 Å². The van der Waals surface area contributed by atoms with Crippen LogP contribution >= 0.6 is 0 Å². The lowest BCUT2D eigenvalue weighted by Gasteiger charge is -2.26. The molecule has 1 aromatic rings. The first kappa shape index (κ1) is 13.6. The molecule has 18 heavy (non-hydrogen) atoms. The van der Waals surface area contributed by atoms with Gasteiger partial charge in [0.05, 0.1) is 5.69 Å². The monoisotopic (exact) mass is 249 g/mol. The minimum Gasteiger partial charge on any atom is -0.311 e. The van der Waals surface area contributed by atoms with Gasteiger partial charge < -0.3 is 5.32 Å². The van der Waals surface area contributed by atoms with Crippen molar-refractivity contribution in [3.05, 3.63) is 18.0 Å². The van der Waals surface area contributed by atoms with Gasteiger partial charge in [-0.3, -0.25) is 4.68 Å². The molecule has 0 bridgehead atoms. The van der Waals surface area contributed by atoms with Crippen molar-refractivity contribution in [1.82, 2.24) is 15.1 Å². The minimum absolute atomic E-state index is 0.885. The predicted molar refractivity (Wildman–Crippen MR) is 75.3 cm³/mol. The second kappa shape index (κ2) is 6.93. The maximum atomic E-state index is 4.36. The van der Waals surface area contributed by atoms with Gasteiger partial charge in [0, 0.05) is 19.3 Å². The molecule has 0 spiro atoms. The van der Waals surface area contributed by atoms with Gasteiger partial charge in [-0.15, -0.1) is 0 Å². The molecule has 1 saturated carbocycles. The van der Waals surface area contributed by atoms with Crippen LogP contribution in [0.5, 0.6) is 0 Å². The van der Waals surface area contributed by atoms with Crippen LogP contribution in [-0.2, 0) is 13.1 Å². The summed E-state index contributed by atoms with van der Waals surface area (Å²) in [5.41, 5.74) is 1.32. The lowest BCUT2D eigenvalue weighted by molar-refractivity contribution is 0.273. The van der Waals surface area contributed by atoms with E-state index >= 15 is 0 Å². The predicted octanol–water partition coefficient (Wildman–Crippen LogP) is 3.21. The highest BCUT2D eigenvalue weighted by atomic mass is 15.3. The normalized spacial score (nSPS) is 24.3. The van der Waals surface area contributed by atoms with Gasteiger partial charge >= 0.3 is 0 Å². The zero-order valence-corrected chi connectivity index (χ0v) is 11.9. The van der Waals surface area contributed by atoms with Gasteiger partial charge in [-0.2, -0.15) is 5.10 Å². The van der Waals surface area contributed by atoms with Crippen LogP contribution in [0.25, 0.3) is 0 Å². The Morgan fingerprint density at radius 2 is 2.33 bits per heavy atom. The molecule has 2 unspecified atom stereocenters. The van der Waals surface area contributed by atoms with E-state index in [-0.39, 0.29) is 0 Å². The van der Waals surface area contributed by atoms with Crippen LogP contribution in [0.2, 0.25) is 0 Å². The zero-order valence-electron chi connectivity index (χ0n) is 11.9. The van der Waals surface area contributed by atoms with Gasteiger partial charge in [-0.05, 0) is 43.7 Å². The van der Waals surface area contributed by atoms with E-state index in [0.717, 1.165) is 31.3 Å². The summed E-state index contributed by atoms with van der Waals surface area (Å²) in [5, 5.41) is 7.98. The van der Waals surface area contributed by atoms with Crippen molar-refractivity contribution < 1.29 is 0 Å². The summed E-state index contributed by atoms with van der Waals surface area (Å²) in [6.07, 6.45) is 8.72. The van der Waals surface area contributed by atoms with Crippen molar-refractivity contribution in [2.75, 3.05) is 6.54 Å². The van der Waals surface area contributed by atoms with E-state index in [9.17, 15) is 0 Å². The van der Waals surface area contributed by atoms with Crippen molar-refractivity contribution in [2.24, 2.45) is 11.8 Å². The molecule has 102 valence electrons. The first-order chi connectivity index (χ1) is 8.79. The molecule has 1 heterocycles. The van der Waals surface area contributed by atoms with E-state index in [0.29, 0.717) is 0 Å². The van der Waals surface area contributed by atoms with Gasteiger partial charge in [0.1, 0.15) is 0 Å². The summed E-state index contributed by atoms with van der Waals surface area (Å²) in [7, 11) is 0. The summed E-state index contributed by atoms with van der Waals surface area (Å²) in [6.45, 7) is 7.75. The second-order valence-electron chi connectivity index (χ2n) is 5.81. The summed E-state index contributed by atoms with van der Waals surface area (Å²) in [6, 6.07) is 2.13. The third-order valence-corrected chi connectivity index (χ3v) is 4.02. The molecule has 1 aromatic heterocycles. The van der Waals surface area contributed by atoms with Crippen LogP contribution in [0.4, 0.5) is 0 Å². The van der Waals surface area contributed by atoms with E-state index in [1.54, 1.807) is 0 Å². The van der Waals surface area contributed by atoms with Gasteiger partial charge in [0.15, 0.2) is 0 Å². The molecule has 1 aliphatic rings. The molecule has 1 fully saturated rings. The molecule has 2 atom stereocenters. The van der Waals surface area contributed by atoms with Crippen LogP contribution in [0.1, 0.15) is 51.6 Å². The first-order valence-electron chi connectivity index (χ1n) is 7.51. The lowest BCUT2D eigenvalue weighted by Crippen LogP contribution is -2.27. The molecule has 3 heteroatoms. The largest absolute Gasteiger partial charge is 0.311 e. The number of aromatic nitrogens is 2. The average molecular weight is 249 g/mol. The standard InChI is InChI=1S/C15H27N3/c1-3-9-18-15(7-8-17-18)12-16-11-14-6-4-5-13(2)10-14/h7-8,13-14,16H,3-6,9-12H2,1-2H3. The highest BCUT2D eigenvalue weighted by molar-refractivity contribution is 5.00. The third-order valence-electron chi connectivity index (χ3n) is 4.02. The van der Waals surface area contributed by atoms with E-state index in [4.69, 9.17) is 0 Å². The Bertz CT molecular complexity index is 345. The molecule has 0 aliphatic heterocycles. The van der Waals surface area contributed by atoms with Crippen LogP contribution in [0.15, 0.2) is 12.3 Å². The number of rotatable bonds is 6. The molecule has 0 aromatic carbocycles. The van der Waals surface area contributed by atoms with Crippen molar-refractivity contribution in [3.8, 4) is 0 Å². The van der Waals surface area contributed by atoms with Gasteiger partial charge in [-0.25, -0.2) is 0 Å². The lowest BCUT2D eigenvalue weighted by atomic mass is 9.82. The smallest absolute Gasteiger partial charge is 0.0522 e. The number of nitrogens with one attached hydrogen (secondary N) is 1. The quantitative estimate of drug-likeness (QED) is 0.839. The summed E-state index contributed by atoms with van der Waals surface area (Å²) in [5.74, 6) is 1.81. The number of aryl methyl sites for hydroxylation is 1. The Hall–Kier alpha value is -0.830. The van der Waals surface area contributed by atoms with Crippen LogP contribution in [0.3, 0.4) is 0 Å². The molecular formula is C15H27N3. The highest BCUT2D eigenvalue weighted by Crippen LogP contribution is 2.27. The molecule has 2 rings (SSSR count). The Morgan fingerprint density at radius 3 is 3.11 bits per heavy atom. The summed E-state index contributed by atoms with van der Waals surface area (Å²) >= 11 is 0. The summed E-state index contributed by atoms with van der Waals surface area (Å²) < 4.78 is 2.12. The fourth-order valence-electron chi connectivity index (χ4n) is 3.07. The fourth-order valence-corrected chi connectivity index (χ4v) is 3.07. The van der Waals surface area contributed by atoms with Crippen LogP contribution < -0.4 is 5.32 Å². The van der Waals surface area contributed by atoms with Crippen molar-refractivity contribution >= 4 is 0 Å². The van der Waals surface area contributed by atoms with Gasteiger partial charge in [0.2, 0.25) is 0 Å². The summed E-state index contributed by atoms with van der Waals surface area (Å²) in [4.78, 5) is 0. The minimum atomic E-state index is 0.885. The maximum Gasteiger partial charge on any atom is 0.0522 e. The third kappa shape index (κ3) is 3.84. The van der Waals surface area contributed by atoms with Crippen molar-refractivity contribution in [1.29, 1.82) is 0 Å². The van der Waals surface area contributed by atoms with Gasteiger partial charge in [0.25, 0.3) is 0 Å².